The van der Waals surface area contributed by atoms with Crippen molar-refractivity contribution in [3.05, 3.63) is 47.8 Å². The van der Waals surface area contributed by atoms with Crippen molar-refractivity contribution in [2.75, 3.05) is 6.79 Å². The van der Waals surface area contributed by atoms with Crippen LogP contribution in [-0.2, 0) is 13.2 Å². The summed E-state index contributed by atoms with van der Waals surface area (Å²) < 4.78 is 16.3. The molecule has 19 heavy (non-hydrogen) atoms. The maximum atomic E-state index is 5.73. The normalized spacial score (nSPS) is 12.5. The molecule has 1 aromatic heterocycles. The van der Waals surface area contributed by atoms with Crippen LogP contribution in [0.15, 0.2) is 36.7 Å². The summed E-state index contributed by atoms with van der Waals surface area (Å²) in [6.45, 7) is 1.15. The fourth-order valence-electron chi connectivity index (χ4n) is 1.90. The summed E-state index contributed by atoms with van der Waals surface area (Å²) in [5.74, 6) is 2.24. The first-order valence-corrected chi connectivity index (χ1v) is 6.01. The third-order valence-electron chi connectivity index (χ3n) is 2.92. The van der Waals surface area contributed by atoms with E-state index in [-0.39, 0.29) is 6.79 Å². The Morgan fingerprint density at radius 3 is 3.00 bits per heavy atom. The Hall–Kier alpha value is -2.27. The van der Waals surface area contributed by atoms with E-state index in [1.54, 1.807) is 12.4 Å². The molecular formula is C14H14N2O3. The predicted octanol–water partition coefficient (Wildman–Crippen LogP) is 1.85. The molecule has 98 valence electrons. The van der Waals surface area contributed by atoms with Crippen molar-refractivity contribution in [1.29, 1.82) is 0 Å². The van der Waals surface area contributed by atoms with Crippen molar-refractivity contribution < 1.29 is 14.2 Å². The monoisotopic (exact) mass is 258 g/mol. The van der Waals surface area contributed by atoms with Crippen molar-refractivity contribution in [1.82, 2.24) is 4.98 Å². The van der Waals surface area contributed by atoms with Crippen molar-refractivity contribution in [3.8, 4) is 17.2 Å². The third-order valence-corrected chi connectivity index (χ3v) is 2.92. The molecule has 2 N–H and O–H groups in total. The molecule has 2 aromatic rings. The first-order valence-electron chi connectivity index (χ1n) is 6.01. The fraction of sp³-hybridized carbons (Fsp3) is 0.214. The molecule has 0 saturated carbocycles. The van der Waals surface area contributed by atoms with Gasteiger partial charge in [-0.05, 0) is 23.8 Å². The van der Waals surface area contributed by atoms with Crippen LogP contribution in [0.25, 0.3) is 0 Å². The minimum atomic E-state index is 0.277. The average molecular weight is 258 g/mol. The highest BCUT2D eigenvalue weighted by Gasteiger charge is 2.13. The smallest absolute Gasteiger partial charge is 0.231 e. The number of pyridine rings is 1. The van der Waals surface area contributed by atoms with Crippen molar-refractivity contribution >= 4 is 0 Å². The van der Waals surface area contributed by atoms with Crippen LogP contribution in [0.3, 0.4) is 0 Å². The Balaban J connectivity index is 1.72. The molecule has 2 heterocycles. The first-order chi connectivity index (χ1) is 9.36. The minimum absolute atomic E-state index is 0.277. The minimum Gasteiger partial charge on any atom is -0.487 e. The van der Waals surface area contributed by atoms with Crippen LogP contribution in [0.5, 0.6) is 17.2 Å². The van der Waals surface area contributed by atoms with Gasteiger partial charge in [-0.3, -0.25) is 4.98 Å². The predicted molar refractivity (Wildman–Crippen MR) is 69.0 cm³/mol. The molecule has 0 fully saturated rings. The van der Waals surface area contributed by atoms with Crippen LogP contribution in [0.1, 0.15) is 11.1 Å². The van der Waals surface area contributed by atoms with Gasteiger partial charge >= 0.3 is 0 Å². The van der Waals surface area contributed by atoms with Crippen LogP contribution in [0, 0.1) is 0 Å². The number of aromatic nitrogens is 1. The zero-order valence-corrected chi connectivity index (χ0v) is 10.3. The maximum Gasteiger partial charge on any atom is 0.231 e. The quantitative estimate of drug-likeness (QED) is 0.906. The lowest BCUT2D eigenvalue weighted by Gasteiger charge is -2.09. The molecule has 1 aliphatic rings. The van der Waals surface area contributed by atoms with Crippen molar-refractivity contribution in [2.24, 2.45) is 5.73 Å². The third kappa shape index (κ3) is 2.46. The lowest BCUT2D eigenvalue weighted by atomic mass is 10.2. The summed E-state index contributed by atoms with van der Waals surface area (Å²) >= 11 is 0. The number of ether oxygens (including phenoxy) is 3. The van der Waals surface area contributed by atoms with E-state index >= 15 is 0 Å². The van der Waals surface area contributed by atoms with Crippen LogP contribution in [-0.4, -0.2) is 11.8 Å². The number of nitrogens with zero attached hydrogens (tertiary/aromatic N) is 1. The van der Waals surface area contributed by atoms with Gasteiger partial charge in [0.05, 0.1) is 6.20 Å². The molecule has 3 rings (SSSR count). The summed E-state index contributed by atoms with van der Waals surface area (Å²) in [4.78, 5) is 4.04. The number of nitrogens with two attached hydrogens (primary N) is 1. The molecule has 1 aromatic carbocycles. The van der Waals surface area contributed by atoms with Crippen LogP contribution < -0.4 is 19.9 Å². The SMILES string of the molecule is NCc1ccncc1OCc1ccc2c(c1)OCO2. The van der Waals surface area contributed by atoms with E-state index in [9.17, 15) is 0 Å². The summed E-state index contributed by atoms with van der Waals surface area (Å²) in [5, 5.41) is 0. The Morgan fingerprint density at radius 1 is 1.21 bits per heavy atom. The molecule has 1 aliphatic heterocycles. The van der Waals surface area contributed by atoms with Crippen LogP contribution in [0.2, 0.25) is 0 Å². The van der Waals surface area contributed by atoms with Crippen LogP contribution >= 0.6 is 0 Å². The van der Waals surface area contributed by atoms with Gasteiger partial charge in [0.25, 0.3) is 0 Å². The van der Waals surface area contributed by atoms with Gasteiger partial charge in [-0.1, -0.05) is 6.07 Å². The molecule has 0 radical (unpaired) electrons. The lowest BCUT2D eigenvalue weighted by molar-refractivity contribution is 0.174. The Kier molecular flexibility index (Phi) is 3.20. The number of fused-ring (bicyclic) bond motifs is 1. The number of rotatable bonds is 4. The topological polar surface area (TPSA) is 66.6 Å². The second-order valence-electron chi connectivity index (χ2n) is 4.16. The zero-order chi connectivity index (χ0) is 13.1. The second kappa shape index (κ2) is 5.16. The number of hydrogen-bond donors (Lipinski definition) is 1. The molecule has 0 saturated heterocycles. The van der Waals surface area contributed by atoms with Gasteiger partial charge in [-0.25, -0.2) is 0 Å². The average Bonchev–Trinajstić information content (AvgIpc) is 2.93. The molecule has 0 aliphatic carbocycles. The van der Waals surface area contributed by atoms with Crippen LogP contribution in [0.4, 0.5) is 0 Å². The molecule has 0 bridgehead atoms. The Bertz CT molecular complexity index is 587. The highest BCUT2D eigenvalue weighted by Crippen LogP contribution is 2.32. The molecular weight excluding hydrogens is 244 g/mol. The van der Waals surface area contributed by atoms with Gasteiger partial charge in [0.15, 0.2) is 11.5 Å². The van der Waals surface area contributed by atoms with Gasteiger partial charge in [0.2, 0.25) is 6.79 Å². The second-order valence-corrected chi connectivity index (χ2v) is 4.16. The maximum absolute atomic E-state index is 5.73. The fourth-order valence-corrected chi connectivity index (χ4v) is 1.90. The molecule has 5 heteroatoms. The van der Waals surface area contributed by atoms with Crippen molar-refractivity contribution in [2.45, 2.75) is 13.2 Å². The van der Waals surface area contributed by atoms with Gasteiger partial charge in [0.1, 0.15) is 12.4 Å². The molecule has 0 unspecified atom stereocenters. The number of benzene rings is 1. The Labute approximate surface area is 110 Å². The summed E-state index contributed by atoms with van der Waals surface area (Å²) in [6.07, 6.45) is 3.38. The largest absolute Gasteiger partial charge is 0.487 e. The molecule has 5 nitrogen and oxygen atoms in total. The summed E-state index contributed by atoms with van der Waals surface area (Å²) in [5.41, 5.74) is 7.60. The molecule has 0 amide bonds. The van der Waals surface area contributed by atoms with E-state index in [0.29, 0.717) is 18.9 Å². The molecule has 0 spiro atoms. The summed E-state index contributed by atoms with van der Waals surface area (Å²) in [7, 11) is 0. The van der Waals surface area contributed by atoms with E-state index in [1.165, 1.54) is 0 Å². The summed E-state index contributed by atoms with van der Waals surface area (Å²) in [6, 6.07) is 7.61. The highest BCUT2D eigenvalue weighted by molar-refractivity contribution is 5.44. The van der Waals surface area contributed by atoms with E-state index in [1.807, 2.05) is 24.3 Å². The van der Waals surface area contributed by atoms with Crippen molar-refractivity contribution in [3.63, 3.8) is 0 Å². The highest BCUT2D eigenvalue weighted by atomic mass is 16.7. The van der Waals surface area contributed by atoms with Gasteiger partial charge in [-0.2, -0.15) is 0 Å². The van der Waals surface area contributed by atoms with Gasteiger partial charge in [-0.15, -0.1) is 0 Å². The van der Waals surface area contributed by atoms with E-state index < -0.39 is 0 Å². The number of hydrogen-bond acceptors (Lipinski definition) is 5. The van der Waals surface area contributed by atoms with Gasteiger partial charge < -0.3 is 19.9 Å². The van der Waals surface area contributed by atoms with Gasteiger partial charge in [0, 0.05) is 18.3 Å². The molecule has 0 atom stereocenters. The standard InChI is InChI=1S/C14H14N2O3/c15-6-11-3-4-16-7-14(11)17-8-10-1-2-12-13(5-10)19-9-18-12/h1-5,7H,6,8-9,15H2. The van der Waals surface area contributed by atoms with E-state index in [4.69, 9.17) is 19.9 Å². The Morgan fingerprint density at radius 2 is 2.11 bits per heavy atom. The first kappa shape index (κ1) is 11.8. The lowest BCUT2D eigenvalue weighted by Crippen LogP contribution is -2.03. The van der Waals surface area contributed by atoms with E-state index in [2.05, 4.69) is 4.98 Å². The zero-order valence-electron chi connectivity index (χ0n) is 10.3. The van der Waals surface area contributed by atoms with E-state index in [0.717, 1.165) is 22.6 Å².